The zero-order chi connectivity index (χ0) is 16.4. The van der Waals surface area contributed by atoms with Crippen molar-refractivity contribution in [3.63, 3.8) is 0 Å². The number of fused-ring (bicyclic) bond motifs is 1. The van der Waals surface area contributed by atoms with Gasteiger partial charge in [-0.2, -0.15) is 0 Å². The van der Waals surface area contributed by atoms with Crippen molar-refractivity contribution in [3.8, 4) is 0 Å². The summed E-state index contributed by atoms with van der Waals surface area (Å²) in [6.07, 6.45) is 5.48. The molecule has 1 atom stereocenters. The predicted octanol–water partition coefficient (Wildman–Crippen LogP) is 3.05. The van der Waals surface area contributed by atoms with Gasteiger partial charge in [0.1, 0.15) is 11.6 Å². The maximum absolute atomic E-state index is 4.71. The van der Waals surface area contributed by atoms with E-state index in [1.807, 2.05) is 20.2 Å². The molecular weight excluding hydrogens is 286 g/mol. The first-order valence-corrected chi connectivity index (χ1v) is 8.59. The Morgan fingerprint density at radius 1 is 1.35 bits per heavy atom. The Morgan fingerprint density at radius 3 is 2.87 bits per heavy atom. The van der Waals surface area contributed by atoms with Gasteiger partial charge in [-0.15, -0.1) is 10.2 Å². The van der Waals surface area contributed by atoms with Gasteiger partial charge in [0.15, 0.2) is 0 Å². The summed E-state index contributed by atoms with van der Waals surface area (Å²) in [6.45, 7) is 8.43. The highest BCUT2D eigenvalue weighted by Crippen LogP contribution is 2.34. The number of pyridine rings is 1. The number of aromatic nitrogens is 4. The van der Waals surface area contributed by atoms with E-state index in [-0.39, 0.29) is 0 Å². The van der Waals surface area contributed by atoms with E-state index in [4.69, 9.17) is 4.98 Å². The minimum atomic E-state index is 0.388. The molecule has 0 saturated carbocycles. The Bertz CT molecular complexity index is 661. The van der Waals surface area contributed by atoms with E-state index in [0.29, 0.717) is 12.0 Å². The van der Waals surface area contributed by atoms with Gasteiger partial charge >= 0.3 is 0 Å². The summed E-state index contributed by atoms with van der Waals surface area (Å²) in [5, 5.41) is 8.57. The zero-order valence-electron chi connectivity index (χ0n) is 14.7. The van der Waals surface area contributed by atoms with Crippen LogP contribution in [0.15, 0.2) is 18.3 Å². The minimum Gasteiger partial charge on any atom is -0.317 e. The van der Waals surface area contributed by atoms with Crippen molar-refractivity contribution >= 4 is 0 Å². The lowest BCUT2D eigenvalue weighted by Gasteiger charge is -2.35. The fourth-order valence-electron chi connectivity index (χ4n) is 3.48. The smallest absolute Gasteiger partial charge is 0.146 e. The Labute approximate surface area is 138 Å². The van der Waals surface area contributed by atoms with Crippen LogP contribution in [0.2, 0.25) is 0 Å². The molecule has 2 heterocycles. The van der Waals surface area contributed by atoms with Gasteiger partial charge in [-0.1, -0.05) is 19.9 Å². The van der Waals surface area contributed by atoms with Crippen LogP contribution in [-0.4, -0.2) is 31.2 Å². The minimum absolute atomic E-state index is 0.388. The van der Waals surface area contributed by atoms with Crippen molar-refractivity contribution in [2.75, 3.05) is 6.54 Å². The second-order valence-electron chi connectivity index (χ2n) is 7.00. The normalized spacial score (nSPS) is 17.7. The van der Waals surface area contributed by atoms with Gasteiger partial charge in [-0.3, -0.25) is 9.88 Å². The number of rotatable bonds is 5. The maximum atomic E-state index is 4.71. The molecule has 5 nitrogen and oxygen atoms in total. The van der Waals surface area contributed by atoms with E-state index in [1.165, 1.54) is 24.1 Å². The molecule has 2 aromatic heterocycles. The van der Waals surface area contributed by atoms with Crippen molar-refractivity contribution in [2.24, 2.45) is 13.0 Å². The second kappa shape index (κ2) is 6.79. The van der Waals surface area contributed by atoms with Gasteiger partial charge in [0.2, 0.25) is 0 Å². The van der Waals surface area contributed by atoms with Gasteiger partial charge in [0.25, 0.3) is 0 Å². The van der Waals surface area contributed by atoms with Gasteiger partial charge < -0.3 is 4.57 Å². The van der Waals surface area contributed by atoms with E-state index in [9.17, 15) is 0 Å². The average molecular weight is 313 g/mol. The number of hydrogen-bond acceptors (Lipinski definition) is 4. The fourth-order valence-corrected chi connectivity index (χ4v) is 3.48. The van der Waals surface area contributed by atoms with E-state index >= 15 is 0 Å². The third-order valence-corrected chi connectivity index (χ3v) is 4.73. The molecule has 2 aromatic rings. The largest absolute Gasteiger partial charge is 0.317 e. The van der Waals surface area contributed by atoms with Crippen LogP contribution in [0.3, 0.4) is 0 Å². The molecule has 0 aromatic carbocycles. The van der Waals surface area contributed by atoms with E-state index < -0.39 is 0 Å². The molecule has 1 aliphatic carbocycles. The van der Waals surface area contributed by atoms with Gasteiger partial charge in [-0.05, 0) is 43.7 Å². The van der Waals surface area contributed by atoms with E-state index in [0.717, 1.165) is 31.2 Å². The van der Waals surface area contributed by atoms with Crippen molar-refractivity contribution in [1.29, 1.82) is 0 Å². The van der Waals surface area contributed by atoms with Crippen molar-refractivity contribution in [1.82, 2.24) is 24.6 Å². The molecule has 1 unspecified atom stereocenters. The van der Waals surface area contributed by atoms with Crippen molar-refractivity contribution in [3.05, 3.63) is 41.2 Å². The fraction of sp³-hybridized carbons (Fsp3) is 0.611. The standard InChI is InChI=1S/C18H27N5/c1-13(2)11-23(12-17-21-20-14(3)22(17)4)16-9-5-7-15-8-6-10-19-18(15)16/h6,8,10,13,16H,5,7,9,11-12H2,1-4H3. The lowest BCUT2D eigenvalue weighted by atomic mass is 9.90. The second-order valence-corrected chi connectivity index (χ2v) is 7.00. The summed E-state index contributed by atoms with van der Waals surface area (Å²) in [4.78, 5) is 7.25. The third kappa shape index (κ3) is 3.44. The lowest BCUT2D eigenvalue weighted by Crippen LogP contribution is -2.35. The molecule has 0 aliphatic heterocycles. The number of hydrogen-bond donors (Lipinski definition) is 0. The molecule has 0 spiro atoms. The van der Waals surface area contributed by atoms with Crippen molar-refractivity contribution in [2.45, 2.75) is 52.6 Å². The van der Waals surface area contributed by atoms with Gasteiger partial charge in [0, 0.05) is 19.8 Å². The summed E-state index contributed by atoms with van der Waals surface area (Å²) in [5.41, 5.74) is 2.67. The summed E-state index contributed by atoms with van der Waals surface area (Å²) >= 11 is 0. The molecule has 3 rings (SSSR count). The summed E-state index contributed by atoms with van der Waals surface area (Å²) < 4.78 is 2.09. The molecule has 124 valence electrons. The molecular formula is C18H27N5. The first-order valence-electron chi connectivity index (χ1n) is 8.59. The number of nitrogens with zero attached hydrogens (tertiary/aromatic N) is 5. The lowest BCUT2D eigenvalue weighted by molar-refractivity contribution is 0.142. The van der Waals surface area contributed by atoms with E-state index in [2.05, 4.69) is 45.6 Å². The van der Waals surface area contributed by atoms with Crippen LogP contribution in [0.4, 0.5) is 0 Å². The molecule has 5 heteroatoms. The van der Waals surface area contributed by atoms with E-state index in [1.54, 1.807) is 0 Å². The SMILES string of the molecule is Cc1nnc(CN(CC(C)C)C2CCCc3cccnc32)n1C. The summed E-state index contributed by atoms with van der Waals surface area (Å²) in [7, 11) is 2.05. The van der Waals surface area contributed by atoms with Crippen molar-refractivity contribution < 1.29 is 0 Å². The van der Waals surface area contributed by atoms with Crippen LogP contribution in [0, 0.1) is 12.8 Å². The molecule has 0 saturated heterocycles. The highest BCUT2D eigenvalue weighted by Gasteiger charge is 2.28. The zero-order valence-corrected chi connectivity index (χ0v) is 14.7. The van der Waals surface area contributed by atoms with Crippen LogP contribution >= 0.6 is 0 Å². The molecule has 0 bridgehead atoms. The Balaban J connectivity index is 1.89. The van der Waals surface area contributed by atoms with Crippen LogP contribution in [0.1, 0.15) is 55.6 Å². The Morgan fingerprint density at radius 2 is 2.17 bits per heavy atom. The highest BCUT2D eigenvalue weighted by atomic mass is 15.3. The van der Waals surface area contributed by atoms with Gasteiger partial charge in [0.05, 0.1) is 18.3 Å². The molecule has 1 aliphatic rings. The molecule has 0 fully saturated rings. The first-order chi connectivity index (χ1) is 11.1. The Hall–Kier alpha value is -1.75. The number of aryl methyl sites for hydroxylation is 2. The van der Waals surface area contributed by atoms with Gasteiger partial charge in [-0.25, -0.2) is 0 Å². The summed E-state index contributed by atoms with van der Waals surface area (Å²) in [6, 6.07) is 4.67. The van der Waals surface area contributed by atoms with Crippen LogP contribution < -0.4 is 0 Å². The predicted molar refractivity (Wildman–Crippen MR) is 90.9 cm³/mol. The maximum Gasteiger partial charge on any atom is 0.146 e. The van der Waals surface area contributed by atoms with Crippen LogP contribution in [0.5, 0.6) is 0 Å². The summed E-state index contributed by atoms with van der Waals surface area (Å²) in [5.74, 6) is 2.61. The monoisotopic (exact) mass is 313 g/mol. The van der Waals surface area contributed by atoms with Crippen LogP contribution in [0.25, 0.3) is 0 Å². The Kier molecular flexibility index (Phi) is 4.76. The molecule has 0 N–H and O–H groups in total. The highest BCUT2D eigenvalue weighted by molar-refractivity contribution is 5.25. The van der Waals surface area contributed by atoms with Crippen LogP contribution in [-0.2, 0) is 20.0 Å². The quantitative estimate of drug-likeness (QED) is 0.851. The molecule has 0 radical (unpaired) electrons. The topological polar surface area (TPSA) is 46.8 Å². The average Bonchev–Trinajstić information content (AvgIpc) is 2.85. The third-order valence-electron chi connectivity index (χ3n) is 4.73. The molecule has 23 heavy (non-hydrogen) atoms. The first kappa shape index (κ1) is 16.1. The molecule has 0 amide bonds.